The average molecular weight is 660 g/mol. The summed E-state index contributed by atoms with van der Waals surface area (Å²) in [6.07, 6.45) is 21.0. The Morgan fingerprint density at radius 2 is 1.13 bits per heavy atom. The number of ether oxygens (including phenoxy) is 1. The van der Waals surface area contributed by atoms with Crippen LogP contribution in [0.5, 0.6) is 0 Å². The fourth-order valence-corrected chi connectivity index (χ4v) is 1.93. The highest BCUT2D eigenvalue weighted by atomic mass is 16.5. The number of esters is 1. The molecule has 47 heavy (non-hydrogen) atoms. The number of likely N-dealkylation sites (N-methyl/N-ethyl adjacent to an activating group) is 1. The van der Waals surface area contributed by atoms with Crippen molar-refractivity contribution in [3.8, 4) is 12.3 Å². The number of rotatable bonds is 9. The van der Waals surface area contributed by atoms with Gasteiger partial charge < -0.3 is 9.64 Å². The van der Waals surface area contributed by atoms with Crippen molar-refractivity contribution in [3.05, 3.63) is 72.9 Å². The van der Waals surface area contributed by atoms with E-state index in [1.807, 2.05) is 47.6 Å². The van der Waals surface area contributed by atoms with Crippen LogP contribution in [0.1, 0.15) is 125 Å². The Kier molecular flexibility index (Phi) is 58.0. The van der Waals surface area contributed by atoms with Crippen molar-refractivity contribution in [1.82, 2.24) is 4.90 Å². The average Bonchev–Trinajstić information content (AvgIpc) is 2.92. The van der Waals surface area contributed by atoms with Gasteiger partial charge in [0.1, 0.15) is 0 Å². The van der Waals surface area contributed by atoms with Gasteiger partial charge >= 0.3 is 5.97 Å². The molecule has 0 aromatic carbocycles. The predicted octanol–water partition coefficient (Wildman–Crippen LogP) is 13.3. The molecule has 0 saturated heterocycles. The number of carbonyl (C=O) groups is 1. The van der Waals surface area contributed by atoms with Gasteiger partial charge in [-0.1, -0.05) is 157 Å². The maximum Gasteiger partial charge on any atom is 0.330 e. The molecule has 0 unspecified atom stereocenters. The fourth-order valence-electron chi connectivity index (χ4n) is 1.93. The molecule has 0 N–H and O–H groups in total. The molecule has 0 bridgehead atoms. The van der Waals surface area contributed by atoms with E-state index in [4.69, 9.17) is 6.42 Å². The van der Waals surface area contributed by atoms with Gasteiger partial charge in [-0.05, 0) is 77.3 Å². The van der Waals surface area contributed by atoms with Crippen molar-refractivity contribution in [3.63, 3.8) is 0 Å². The summed E-state index contributed by atoms with van der Waals surface area (Å²) in [6, 6.07) is 0. The van der Waals surface area contributed by atoms with Crippen LogP contribution in [0.15, 0.2) is 72.9 Å². The first kappa shape index (κ1) is 59.8. The van der Waals surface area contributed by atoms with Crippen LogP contribution in [0.25, 0.3) is 0 Å². The van der Waals surface area contributed by atoms with Gasteiger partial charge in [-0.25, -0.2) is 4.79 Å². The monoisotopic (exact) mass is 660 g/mol. The second-order valence-corrected chi connectivity index (χ2v) is 14.1. The molecular formula is C44H85NO2. The van der Waals surface area contributed by atoms with Crippen molar-refractivity contribution in [1.29, 1.82) is 0 Å². The second kappa shape index (κ2) is 45.6. The molecule has 3 nitrogen and oxygen atoms in total. The van der Waals surface area contributed by atoms with Crippen molar-refractivity contribution >= 4 is 5.97 Å². The summed E-state index contributed by atoms with van der Waals surface area (Å²) in [7, 11) is 5.52. The highest BCUT2D eigenvalue weighted by Crippen LogP contribution is 2.02. The number of hydrogen-bond acceptors (Lipinski definition) is 3. The van der Waals surface area contributed by atoms with E-state index in [9.17, 15) is 4.79 Å². The second-order valence-electron chi connectivity index (χ2n) is 14.1. The number of hydrogen-bond donors (Lipinski definition) is 0. The largest absolute Gasteiger partial charge is 0.466 e. The van der Waals surface area contributed by atoms with E-state index < -0.39 is 0 Å². The van der Waals surface area contributed by atoms with Gasteiger partial charge in [0.25, 0.3) is 0 Å². The van der Waals surface area contributed by atoms with Crippen LogP contribution in [0.2, 0.25) is 0 Å². The Hall–Kier alpha value is -2.57. The van der Waals surface area contributed by atoms with Crippen LogP contribution in [-0.2, 0) is 9.53 Å². The SMILES string of the molecule is C#CC(C)C.C/C=C/C(C)C.C=C(C)C(C)C.C=CC(C)C.CC(C)/C=C/CN(C)C.CC(C)=CC(C)C.COC(=O)/C=C/C(C)C. The number of carbonyl (C=O) groups excluding carboxylic acids is 1. The van der Waals surface area contributed by atoms with E-state index in [2.05, 4.69) is 156 Å². The molecule has 0 rings (SSSR count). The van der Waals surface area contributed by atoms with Crippen LogP contribution in [0.3, 0.4) is 0 Å². The summed E-state index contributed by atoms with van der Waals surface area (Å²) >= 11 is 0. The first-order valence-corrected chi connectivity index (χ1v) is 17.5. The molecule has 278 valence electrons. The van der Waals surface area contributed by atoms with Gasteiger partial charge in [-0.15, -0.1) is 18.9 Å². The van der Waals surface area contributed by atoms with Crippen LogP contribution >= 0.6 is 0 Å². The third kappa shape index (κ3) is 115. The third-order valence-corrected chi connectivity index (χ3v) is 4.84. The van der Waals surface area contributed by atoms with Gasteiger partial charge in [0.15, 0.2) is 0 Å². The zero-order chi connectivity index (χ0) is 39.1. The first-order valence-electron chi connectivity index (χ1n) is 17.5. The topological polar surface area (TPSA) is 29.5 Å². The third-order valence-electron chi connectivity index (χ3n) is 4.84. The quantitative estimate of drug-likeness (QED) is 0.107. The van der Waals surface area contributed by atoms with E-state index in [0.29, 0.717) is 35.5 Å². The summed E-state index contributed by atoms with van der Waals surface area (Å²) in [4.78, 5) is 12.6. The molecule has 0 aromatic rings. The highest BCUT2D eigenvalue weighted by Gasteiger charge is 1.90. The molecule has 0 saturated carbocycles. The Balaban J connectivity index is -0.0000000804. The van der Waals surface area contributed by atoms with Gasteiger partial charge in [0.05, 0.1) is 7.11 Å². The first-order chi connectivity index (χ1) is 21.4. The zero-order valence-corrected chi connectivity index (χ0v) is 35.6. The molecule has 0 aliphatic carbocycles. The fraction of sp³-hybridized carbons (Fsp3) is 0.659. The molecular weight excluding hydrogens is 574 g/mol. The van der Waals surface area contributed by atoms with Crippen molar-refractivity contribution in [2.45, 2.75) is 125 Å². The molecule has 0 aliphatic heterocycles. The van der Waals surface area contributed by atoms with Crippen molar-refractivity contribution < 1.29 is 9.53 Å². The summed E-state index contributed by atoms with van der Waals surface area (Å²) in [6.45, 7) is 46.3. The molecule has 0 radical (unpaired) electrons. The van der Waals surface area contributed by atoms with Gasteiger partial charge in [0.2, 0.25) is 0 Å². The van der Waals surface area contributed by atoms with E-state index in [-0.39, 0.29) is 5.97 Å². The minimum Gasteiger partial charge on any atom is -0.466 e. The van der Waals surface area contributed by atoms with Gasteiger partial charge in [-0.2, -0.15) is 0 Å². The molecule has 0 heterocycles. The molecule has 3 heteroatoms. The van der Waals surface area contributed by atoms with Crippen molar-refractivity contribution in [2.75, 3.05) is 27.7 Å². The maximum absolute atomic E-state index is 10.4. The number of nitrogens with zero attached hydrogens (tertiary/aromatic N) is 1. The smallest absolute Gasteiger partial charge is 0.330 e. The number of terminal acetylenes is 1. The molecule has 0 amide bonds. The highest BCUT2D eigenvalue weighted by molar-refractivity contribution is 5.81. The van der Waals surface area contributed by atoms with Crippen LogP contribution < -0.4 is 0 Å². The molecule has 0 fully saturated rings. The Labute approximate surface area is 298 Å². The Bertz CT molecular complexity index is 819. The predicted molar refractivity (Wildman–Crippen MR) is 221 cm³/mol. The number of methoxy groups -OCH3 is 1. The normalized spacial score (nSPS) is 10.1. The summed E-state index contributed by atoms with van der Waals surface area (Å²) in [5.41, 5.74) is 2.67. The number of allylic oxidation sites excluding steroid dienone is 8. The van der Waals surface area contributed by atoms with Crippen molar-refractivity contribution in [2.24, 2.45) is 41.4 Å². The lowest BCUT2D eigenvalue weighted by Gasteiger charge is -2.03. The molecule has 0 aliphatic rings. The zero-order valence-electron chi connectivity index (χ0n) is 35.6. The van der Waals surface area contributed by atoms with Gasteiger partial charge in [0, 0.05) is 18.5 Å². The van der Waals surface area contributed by atoms with Crippen LogP contribution in [-0.4, -0.2) is 38.6 Å². The van der Waals surface area contributed by atoms with Crippen LogP contribution in [0, 0.1) is 53.8 Å². The van der Waals surface area contributed by atoms with Gasteiger partial charge in [-0.3, -0.25) is 0 Å². The molecule has 0 aromatic heterocycles. The minimum atomic E-state index is -0.288. The van der Waals surface area contributed by atoms with Crippen LogP contribution in [0.4, 0.5) is 0 Å². The lowest BCUT2D eigenvalue weighted by molar-refractivity contribution is -0.134. The summed E-state index contributed by atoms with van der Waals surface area (Å²) in [5.74, 6) is 6.48. The minimum absolute atomic E-state index is 0.288. The lowest BCUT2D eigenvalue weighted by Crippen LogP contribution is -2.10. The molecule has 0 spiro atoms. The maximum atomic E-state index is 10.4. The van der Waals surface area contributed by atoms with E-state index in [0.717, 1.165) is 12.5 Å². The Morgan fingerprint density at radius 1 is 0.766 bits per heavy atom. The van der Waals surface area contributed by atoms with E-state index in [1.165, 1.54) is 24.3 Å². The Morgan fingerprint density at radius 3 is 1.26 bits per heavy atom. The van der Waals surface area contributed by atoms with E-state index >= 15 is 0 Å². The molecule has 0 atom stereocenters. The van der Waals surface area contributed by atoms with E-state index in [1.54, 1.807) is 6.08 Å². The standard InChI is InChI=1S/C8H17N.C7H12O2.C7H14.2C6H12.C5H10.C5H8/c1-8(2)6-5-7-9(3)4;1-6(2)4-5-7(8)9-3;1-6(2)5-7(3)4;1-5(2)6(3)4;1-4-5-6(2)3;2*1-4-5(2)3/h5-6,8H,7H2,1-4H3;4-6H,1-3H3;5-6H,1-4H3;6H,1H2,2-4H3;4-6H,1-3H3;4-5H,1H2,2-3H3;1,5H,2-3H3/b6-5+;5-4+;;;5-4+;;. The lowest BCUT2D eigenvalue weighted by atomic mass is 10.1. The summed E-state index contributed by atoms with van der Waals surface area (Å²) in [5, 5.41) is 0. The summed E-state index contributed by atoms with van der Waals surface area (Å²) < 4.78 is 4.37.